The van der Waals surface area contributed by atoms with E-state index in [1.165, 1.54) is 0 Å². The summed E-state index contributed by atoms with van der Waals surface area (Å²) in [4.78, 5) is 15.4. The highest BCUT2D eigenvalue weighted by molar-refractivity contribution is 7.09. The van der Waals surface area contributed by atoms with Gasteiger partial charge >= 0.3 is 5.97 Å². The quantitative estimate of drug-likeness (QED) is 0.927. The van der Waals surface area contributed by atoms with Crippen molar-refractivity contribution in [3.05, 3.63) is 40.1 Å². The smallest absolute Gasteiger partial charge is 0.337 e. The van der Waals surface area contributed by atoms with Crippen LogP contribution in [0.25, 0.3) is 0 Å². The molecule has 0 unspecified atom stereocenters. The lowest BCUT2D eigenvalue weighted by molar-refractivity contribution is 0.0697. The van der Waals surface area contributed by atoms with Crippen LogP contribution in [0, 0.1) is 0 Å². The van der Waals surface area contributed by atoms with Crippen LogP contribution in [0.2, 0.25) is 0 Å². The second-order valence-corrected chi connectivity index (χ2v) is 6.20. The van der Waals surface area contributed by atoms with Crippen LogP contribution in [0.4, 0.5) is 0 Å². The molecule has 2 aromatic rings. The van der Waals surface area contributed by atoms with Crippen LogP contribution in [0.3, 0.4) is 0 Å². The highest BCUT2D eigenvalue weighted by Crippen LogP contribution is 2.24. The van der Waals surface area contributed by atoms with Gasteiger partial charge in [0.25, 0.3) is 0 Å². The van der Waals surface area contributed by atoms with E-state index in [4.69, 9.17) is 5.11 Å². The maximum atomic E-state index is 10.8. The third kappa shape index (κ3) is 2.79. The van der Waals surface area contributed by atoms with Crippen LogP contribution < -0.4 is 0 Å². The molecule has 0 aliphatic carbocycles. The minimum atomic E-state index is -0.900. The highest BCUT2D eigenvalue weighted by Gasteiger charge is 2.17. The second-order valence-electron chi connectivity index (χ2n) is 5.25. The molecule has 0 spiro atoms. The van der Waals surface area contributed by atoms with Crippen molar-refractivity contribution in [2.75, 3.05) is 0 Å². The number of carboxylic acid groups (broad SMARTS) is 1. The number of carbonyl (C=O) groups is 1. The molecule has 2 rings (SSSR count). The zero-order valence-corrected chi connectivity index (χ0v) is 11.5. The zero-order valence-electron chi connectivity index (χ0n) is 10.7. The average Bonchev–Trinajstić information content (AvgIpc) is 2.85. The Labute approximate surface area is 110 Å². The van der Waals surface area contributed by atoms with Gasteiger partial charge < -0.3 is 9.67 Å². The van der Waals surface area contributed by atoms with Crippen molar-refractivity contribution in [2.45, 2.75) is 32.7 Å². The van der Waals surface area contributed by atoms with Crippen molar-refractivity contribution in [3.63, 3.8) is 0 Å². The van der Waals surface area contributed by atoms with Gasteiger partial charge in [-0.2, -0.15) is 0 Å². The lowest BCUT2D eigenvalue weighted by atomic mass is 9.93. The van der Waals surface area contributed by atoms with Crippen LogP contribution in [0.15, 0.2) is 23.8 Å². The summed E-state index contributed by atoms with van der Waals surface area (Å²) < 4.78 is 1.84. The number of hydrogen-bond donors (Lipinski definition) is 1. The van der Waals surface area contributed by atoms with Gasteiger partial charge in [0.1, 0.15) is 5.01 Å². The van der Waals surface area contributed by atoms with Crippen molar-refractivity contribution in [1.82, 2.24) is 9.55 Å². The lowest BCUT2D eigenvalue weighted by Crippen LogP contribution is -2.11. The Hall–Kier alpha value is -1.62. The summed E-state index contributed by atoms with van der Waals surface area (Å²) in [6.07, 6.45) is 3.39. The third-order valence-corrected chi connectivity index (χ3v) is 3.47. The fourth-order valence-corrected chi connectivity index (χ4v) is 2.58. The van der Waals surface area contributed by atoms with Crippen LogP contribution in [0.5, 0.6) is 0 Å². The first-order valence-corrected chi connectivity index (χ1v) is 6.58. The van der Waals surface area contributed by atoms with Gasteiger partial charge in [-0.1, -0.05) is 20.8 Å². The van der Waals surface area contributed by atoms with Gasteiger partial charge in [0.15, 0.2) is 0 Å². The predicted molar refractivity (Wildman–Crippen MR) is 71.3 cm³/mol. The van der Waals surface area contributed by atoms with E-state index in [9.17, 15) is 4.79 Å². The number of carboxylic acids is 1. The Morgan fingerprint density at radius 3 is 2.72 bits per heavy atom. The van der Waals surface area contributed by atoms with Gasteiger partial charge in [0.2, 0.25) is 0 Å². The first-order valence-electron chi connectivity index (χ1n) is 5.70. The minimum Gasteiger partial charge on any atom is -0.478 e. The fraction of sp³-hybridized carbons (Fsp3) is 0.385. The molecule has 0 radical (unpaired) electrons. The van der Waals surface area contributed by atoms with E-state index in [1.807, 2.05) is 4.57 Å². The summed E-state index contributed by atoms with van der Waals surface area (Å²) in [6.45, 7) is 7.01. The number of aromatic carboxylic acids is 1. The SMILES string of the molecule is CC(C)(C)c1csc(Cn2ccc(C(=O)O)c2)n1. The maximum Gasteiger partial charge on any atom is 0.337 e. The van der Waals surface area contributed by atoms with E-state index in [2.05, 4.69) is 31.1 Å². The summed E-state index contributed by atoms with van der Waals surface area (Å²) in [5, 5.41) is 11.9. The van der Waals surface area contributed by atoms with E-state index in [0.717, 1.165) is 10.7 Å². The van der Waals surface area contributed by atoms with Gasteiger partial charge in [-0.15, -0.1) is 11.3 Å². The van der Waals surface area contributed by atoms with Crippen LogP contribution >= 0.6 is 11.3 Å². The Morgan fingerprint density at radius 1 is 1.50 bits per heavy atom. The van der Waals surface area contributed by atoms with E-state index in [1.54, 1.807) is 29.8 Å². The highest BCUT2D eigenvalue weighted by atomic mass is 32.1. The van der Waals surface area contributed by atoms with E-state index in [-0.39, 0.29) is 5.41 Å². The molecule has 0 aliphatic heterocycles. The average molecular weight is 264 g/mol. The second kappa shape index (κ2) is 4.57. The molecule has 0 saturated heterocycles. The molecule has 96 valence electrons. The van der Waals surface area contributed by atoms with Crippen LogP contribution in [-0.2, 0) is 12.0 Å². The van der Waals surface area contributed by atoms with E-state index >= 15 is 0 Å². The van der Waals surface area contributed by atoms with Crippen LogP contribution in [-0.4, -0.2) is 20.6 Å². The first kappa shape index (κ1) is 12.8. The Morgan fingerprint density at radius 2 is 2.22 bits per heavy atom. The molecular formula is C13H16N2O2S. The topological polar surface area (TPSA) is 55.1 Å². The molecule has 1 N–H and O–H groups in total. The third-order valence-electron chi connectivity index (χ3n) is 2.64. The first-order chi connectivity index (χ1) is 8.36. The molecule has 18 heavy (non-hydrogen) atoms. The van der Waals surface area contributed by atoms with Gasteiger partial charge in [0, 0.05) is 23.2 Å². The molecule has 0 aromatic carbocycles. The Balaban J connectivity index is 2.14. The Kier molecular flexibility index (Phi) is 3.26. The van der Waals surface area contributed by atoms with Crippen molar-refractivity contribution in [1.29, 1.82) is 0 Å². The molecule has 0 atom stereocenters. The molecule has 0 amide bonds. The van der Waals surface area contributed by atoms with Crippen molar-refractivity contribution in [2.24, 2.45) is 0 Å². The molecule has 0 bridgehead atoms. The maximum absolute atomic E-state index is 10.8. The van der Waals surface area contributed by atoms with Crippen molar-refractivity contribution >= 4 is 17.3 Å². The van der Waals surface area contributed by atoms with E-state index < -0.39 is 5.97 Å². The molecule has 4 nitrogen and oxygen atoms in total. The Bertz CT molecular complexity index is 564. The van der Waals surface area contributed by atoms with Gasteiger partial charge in [-0.25, -0.2) is 9.78 Å². The summed E-state index contributed by atoms with van der Waals surface area (Å²) >= 11 is 1.61. The molecule has 5 heteroatoms. The summed E-state index contributed by atoms with van der Waals surface area (Å²) in [5.74, 6) is -0.900. The monoisotopic (exact) mass is 264 g/mol. The number of aromatic nitrogens is 2. The summed E-state index contributed by atoms with van der Waals surface area (Å²) in [6, 6.07) is 1.60. The minimum absolute atomic E-state index is 0.0532. The number of hydrogen-bond acceptors (Lipinski definition) is 3. The summed E-state index contributed by atoms with van der Waals surface area (Å²) in [7, 11) is 0. The van der Waals surface area contributed by atoms with Gasteiger partial charge in [-0.3, -0.25) is 0 Å². The molecule has 2 heterocycles. The number of rotatable bonds is 3. The van der Waals surface area contributed by atoms with Crippen molar-refractivity contribution < 1.29 is 9.90 Å². The molecular weight excluding hydrogens is 248 g/mol. The largest absolute Gasteiger partial charge is 0.478 e. The molecule has 0 saturated carbocycles. The van der Waals surface area contributed by atoms with Crippen molar-refractivity contribution in [3.8, 4) is 0 Å². The lowest BCUT2D eigenvalue weighted by Gasteiger charge is -2.14. The number of nitrogens with zero attached hydrogens (tertiary/aromatic N) is 2. The molecule has 2 aromatic heterocycles. The fourth-order valence-electron chi connectivity index (χ4n) is 1.55. The normalized spacial score (nSPS) is 11.7. The molecule has 0 fully saturated rings. The summed E-state index contributed by atoms with van der Waals surface area (Å²) in [5.41, 5.74) is 1.44. The van der Waals surface area contributed by atoms with Crippen LogP contribution in [0.1, 0.15) is 41.8 Å². The number of thiazole rings is 1. The van der Waals surface area contributed by atoms with Gasteiger partial charge in [-0.05, 0) is 6.07 Å². The molecule has 0 aliphatic rings. The predicted octanol–water partition coefficient (Wildman–Crippen LogP) is 2.99. The van der Waals surface area contributed by atoms with E-state index in [0.29, 0.717) is 12.1 Å². The standard InChI is InChI=1S/C13H16N2O2S/c1-13(2,3)10-8-18-11(14-10)7-15-5-4-9(6-15)12(16)17/h4-6,8H,7H2,1-3H3,(H,16,17). The van der Waals surface area contributed by atoms with Gasteiger partial charge in [0.05, 0.1) is 17.8 Å². The zero-order chi connectivity index (χ0) is 13.3.